The van der Waals surface area contributed by atoms with Crippen molar-refractivity contribution >= 4 is 0 Å². The average Bonchev–Trinajstić information content (AvgIpc) is 2.38. The van der Waals surface area contributed by atoms with Crippen LogP contribution in [-0.2, 0) is 4.74 Å². The van der Waals surface area contributed by atoms with Crippen molar-refractivity contribution in [1.82, 2.24) is 4.90 Å². The molecule has 0 aromatic rings. The SMILES string of the molecule is NC1CCC(COCCN2CCCCC2)CC1. The van der Waals surface area contributed by atoms with Crippen molar-refractivity contribution in [3.63, 3.8) is 0 Å². The molecule has 1 aliphatic heterocycles. The second-order valence-corrected chi connectivity index (χ2v) is 5.76. The Morgan fingerprint density at radius 3 is 2.41 bits per heavy atom. The lowest BCUT2D eigenvalue weighted by molar-refractivity contribution is 0.0614. The second-order valence-electron chi connectivity index (χ2n) is 5.76. The molecule has 0 radical (unpaired) electrons. The maximum atomic E-state index is 5.90. The first-order chi connectivity index (χ1) is 8.34. The molecule has 1 saturated heterocycles. The van der Waals surface area contributed by atoms with Gasteiger partial charge < -0.3 is 15.4 Å². The minimum Gasteiger partial charge on any atom is -0.380 e. The van der Waals surface area contributed by atoms with E-state index in [1.165, 1.54) is 58.0 Å². The summed E-state index contributed by atoms with van der Waals surface area (Å²) in [5, 5.41) is 0. The second kappa shape index (κ2) is 7.34. The summed E-state index contributed by atoms with van der Waals surface area (Å²) < 4.78 is 5.83. The minimum atomic E-state index is 0.458. The van der Waals surface area contributed by atoms with Crippen LogP contribution >= 0.6 is 0 Å². The molecule has 100 valence electrons. The highest BCUT2D eigenvalue weighted by Gasteiger charge is 2.18. The number of hydrogen-bond acceptors (Lipinski definition) is 3. The van der Waals surface area contributed by atoms with Gasteiger partial charge in [0, 0.05) is 19.2 Å². The molecule has 17 heavy (non-hydrogen) atoms. The van der Waals surface area contributed by atoms with Crippen LogP contribution in [0.25, 0.3) is 0 Å². The van der Waals surface area contributed by atoms with Crippen molar-refractivity contribution in [2.75, 3.05) is 32.8 Å². The topological polar surface area (TPSA) is 38.5 Å². The summed E-state index contributed by atoms with van der Waals surface area (Å²) in [6.45, 7) is 5.57. The van der Waals surface area contributed by atoms with Gasteiger partial charge in [-0.15, -0.1) is 0 Å². The van der Waals surface area contributed by atoms with Gasteiger partial charge in [-0.3, -0.25) is 0 Å². The van der Waals surface area contributed by atoms with Crippen molar-refractivity contribution in [2.24, 2.45) is 11.7 Å². The molecule has 0 atom stereocenters. The third-order valence-corrected chi connectivity index (χ3v) is 4.25. The first-order valence-electron chi connectivity index (χ1n) is 7.40. The van der Waals surface area contributed by atoms with Gasteiger partial charge in [-0.05, 0) is 57.5 Å². The van der Waals surface area contributed by atoms with Crippen molar-refractivity contribution in [2.45, 2.75) is 51.0 Å². The Labute approximate surface area is 106 Å². The highest BCUT2D eigenvalue weighted by molar-refractivity contribution is 4.74. The summed E-state index contributed by atoms with van der Waals surface area (Å²) in [5.41, 5.74) is 5.90. The Kier molecular flexibility index (Phi) is 5.75. The van der Waals surface area contributed by atoms with Crippen molar-refractivity contribution in [1.29, 1.82) is 0 Å². The van der Waals surface area contributed by atoms with E-state index in [-0.39, 0.29) is 0 Å². The van der Waals surface area contributed by atoms with Crippen LogP contribution in [-0.4, -0.2) is 43.8 Å². The van der Waals surface area contributed by atoms with E-state index >= 15 is 0 Å². The summed E-state index contributed by atoms with van der Waals surface area (Å²) in [7, 11) is 0. The third-order valence-electron chi connectivity index (χ3n) is 4.25. The highest BCUT2D eigenvalue weighted by atomic mass is 16.5. The van der Waals surface area contributed by atoms with Crippen LogP contribution in [0.3, 0.4) is 0 Å². The summed E-state index contributed by atoms with van der Waals surface area (Å²) >= 11 is 0. The van der Waals surface area contributed by atoms with Crippen molar-refractivity contribution in [3.8, 4) is 0 Å². The molecular formula is C14H28N2O. The largest absolute Gasteiger partial charge is 0.380 e. The number of nitrogens with two attached hydrogens (primary N) is 1. The molecule has 1 saturated carbocycles. The zero-order chi connectivity index (χ0) is 11.9. The first kappa shape index (κ1) is 13.3. The lowest BCUT2D eigenvalue weighted by atomic mass is 9.87. The highest BCUT2D eigenvalue weighted by Crippen LogP contribution is 2.23. The van der Waals surface area contributed by atoms with Gasteiger partial charge in [-0.2, -0.15) is 0 Å². The normalized spacial score (nSPS) is 31.6. The Morgan fingerprint density at radius 1 is 1.00 bits per heavy atom. The van der Waals surface area contributed by atoms with E-state index in [9.17, 15) is 0 Å². The van der Waals surface area contributed by atoms with E-state index in [4.69, 9.17) is 10.5 Å². The van der Waals surface area contributed by atoms with Gasteiger partial charge in [-0.1, -0.05) is 6.42 Å². The number of likely N-dealkylation sites (tertiary alicyclic amines) is 1. The first-order valence-corrected chi connectivity index (χ1v) is 7.40. The fourth-order valence-electron chi connectivity index (χ4n) is 2.98. The van der Waals surface area contributed by atoms with E-state index in [0.29, 0.717) is 6.04 Å². The van der Waals surface area contributed by atoms with Crippen LogP contribution in [0.1, 0.15) is 44.9 Å². The van der Waals surface area contributed by atoms with Crippen molar-refractivity contribution < 1.29 is 4.74 Å². The van der Waals surface area contributed by atoms with E-state index in [1.807, 2.05) is 0 Å². The summed E-state index contributed by atoms with van der Waals surface area (Å²) in [6, 6.07) is 0.458. The fraction of sp³-hybridized carbons (Fsp3) is 1.00. The maximum absolute atomic E-state index is 5.90. The predicted molar refractivity (Wildman–Crippen MR) is 71.0 cm³/mol. The maximum Gasteiger partial charge on any atom is 0.0593 e. The standard InChI is InChI=1S/C14H28N2O/c15-14-6-4-13(5-7-14)12-17-11-10-16-8-2-1-3-9-16/h13-14H,1-12,15H2. The summed E-state index contributed by atoms with van der Waals surface area (Å²) in [5.74, 6) is 0.774. The average molecular weight is 240 g/mol. The quantitative estimate of drug-likeness (QED) is 0.747. The molecule has 0 aromatic heterocycles. The Balaban J connectivity index is 1.48. The van der Waals surface area contributed by atoms with Gasteiger partial charge in [0.2, 0.25) is 0 Å². The molecule has 3 nitrogen and oxygen atoms in total. The number of rotatable bonds is 5. The minimum absolute atomic E-state index is 0.458. The summed E-state index contributed by atoms with van der Waals surface area (Å²) in [4.78, 5) is 2.54. The molecular weight excluding hydrogens is 212 g/mol. The number of ether oxygens (including phenoxy) is 1. The number of piperidine rings is 1. The van der Waals surface area contributed by atoms with Crippen LogP contribution < -0.4 is 5.73 Å². The molecule has 2 aliphatic rings. The Hall–Kier alpha value is -0.120. The fourth-order valence-corrected chi connectivity index (χ4v) is 2.98. The van der Waals surface area contributed by atoms with Gasteiger partial charge in [0.15, 0.2) is 0 Å². The monoisotopic (exact) mass is 240 g/mol. The number of hydrogen-bond donors (Lipinski definition) is 1. The van der Waals surface area contributed by atoms with Crippen LogP contribution in [0.5, 0.6) is 0 Å². The van der Waals surface area contributed by atoms with E-state index in [1.54, 1.807) is 0 Å². The third kappa shape index (κ3) is 4.94. The van der Waals surface area contributed by atoms with Gasteiger partial charge in [0.1, 0.15) is 0 Å². The molecule has 0 aromatic carbocycles. The van der Waals surface area contributed by atoms with Crippen molar-refractivity contribution in [3.05, 3.63) is 0 Å². The molecule has 2 N–H and O–H groups in total. The molecule has 0 unspecified atom stereocenters. The zero-order valence-corrected chi connectivity index (χ0v) is 11.1. The molecule has 0 amide bonds. The molecule has 0 bridgehead atoms. The molecule has 1 heterocycles. The molecule has 2 fully saturated rings. The van der Waals surface area contributed by atoms with Crippen LogP contribution in [0.15, 0.2) is 0 Å². The predicted octanol–water partition coefficient (Wildman–Crippen LogP) is 2.01. The van der Waals surface area contributed by atoms with E-state index < -0.39 is 0 Å². The molecule has 2 rings (SSSR count). The van der Waals surface area contributed by atoms with E-state index in [2.05, 4.69) is 4.90 Å². The molecule has 1 aliphatic carbocycles. The lowest BCUT2D eigenvalue weighted by Crippen LogP contribution is -2.33. The van der Waals surface area contributed by atoms with E-state index in [0.717, 1.165) is 25.7 Å². The van der Waals surface area contributed by atoms with Crippen LogP contribution in [0.2, 0.25) is 0 Å². The molecule has 3 heteroatoms. The van der Waals surface area contributed by atoms with Crippen LogP contribution in [0, 0.1) is 5.92 Å². The lowest BCUT2D eigenvalue weighted by Gasteiger charge is -2.28. The number of nitrogens with zero attached hydrogens (tertiary/aromatic N) is 1. The molecule has 0 spiro atoms. The Bertz CT molecular complexity index is 196. The summed E-state index contributed by atoms with van der Waals surface area (Å²) in [6.07, 6.45) is 9.09. The zero-order valence-electron chi connectivity index (χ0n) is 11.1. The van der Waals surface area contributed by atoms with Gasteiger partial charge in [-0.25, -0.2) is 0 Å². The van der Waals surface area contributed by atoms with Crippen LogP contribution in [0.4, 0.5) is 0 Å². The van der Waals surface area contributed by atoms with Gasteiger partial charge in [0.25, 0.3) is 0 Å². The van der Waals surface area contributed by atoms with Gasteiger partial charge in [0.05, 0.1) is 6.61 Å². The van der Waals surface area contributed by atoms with Gasteiger partial charge >= 0.3 is 0 Å². The smallest absolute Gasteiger partial charge is 0.0593 e. The Morgan fingerprint density at radius 2 is 1.71 bits per heavy atom.